The van der Waals surface area contributed by atoms with Crippen LogP contribution in [0.3, 0.4) is 0 Å². The molecular formula is C32H36N4O5S. The van der Waals surface area contributed by atoms with Crippen LogP contribution in [-0.2, 0) is 27.3 Å². The molecule has 1 unspecified atom stereocenters. The first kappa shape index (κ1) is 30.8. The van der Waals surface area contributed by atoms with E-state index in [4.69, 9.17) is 0 Å². The molecule has 9 nitrogen and oxygen atoms in total. The summed E-state index contributed by atoms with van der Waals surface area (Å²) >= 11 is 1.45. The summed E-state index contributed by atoms with van der Waals surface area (Å²) in [4.78, 5) is 53.6. The Morgan fingerprint density at radius 3 is 2.26 bits per heavy atom. The van der Waals surface area contributed by atoms with E-state index in [1.54, 1.807) is 30.3 Å². The minimum atomic E-state index is -1.61. The van der Waals surface area contributed by atoms with E-state index in [2.05, 4.69) is 16.0 Å². The van der Waals surface area contributed by atoms with Gasteiger partial charge in [-0.2, -0.15) is 0 Å². The number of hydrogen-bond donors (Lipinski definition) is 4. The molecule has 0 saturated carbocycles. The number of rotatable bonds is 11. The quantitative estimate of drug-likeness (QED) is 0.273. The third-order valence-corrected chi connectivity index (χ3v) is 8.46. The molecule has 4 rings (SSSR count). The lowest BCUT2D eigenvalue weighted by Crippen LogP contribution is -2.57. The molecule has 0 bridgehead atoms. The van der Waals surface area contributed by atoms with Gasteiger partial charge in [-0.3, -0.25) is 19.2 Å². The molecule has 1 fully saturated rings. The molecule has 1 aliphatic heterocycles. The third-order valence-electron chi connectivity index (χ3n) is 7.25. The Morgan fingerprint density at radius 2 is 1.57 bits per heavy atom. The van der Waals surface area contributed by atoms with E-state index in [0.717, 1.165) is 16.7 Å². The smallest absolute Gasteiger partial charge is 0.254 e. The van der Waals surface area contributed by atoms with E-state index in [-0.39, 0.29) is 30.0 Å². The Bertz CT molecular complexity index is 1390. The Kier molecular flexibility index (Phi) is 10.7. The zero-order chi connectivity index (χ0) is 30.1. The Labute approximate surface area is 250 Å². The molecule has 10 heteroatoms. The zero-order valence-corrected chi connectivity index (χ0v) is 24.5. The van der Waals surface area contributed by atoms with Crippen LogP contribution in [0.4, 0.5) is 0 Å². The Morgan fingerprint density at radius 1 is 0.929 bits per heavy atom. The van der Waals surface area contributed by atoms with E-state index < -0.39 is 35.9 Å². The number of amides is 4. The SMILES string of the molecule is Cc1ccccc1CNC(=O)[C@@H]1C(C)SCN1C(=O)[C@@H](O)[C@H](Cc1ccccc1)NC(=O)CNC(=O)c1ccccc1. The van der Waals surface area contributed by atoms with Crippen LogP contribution in [0.25, 0.3) is 0 Å². The van der Waals surface area contributed by atoms with Crippen LogP contribution in [-0.4, -0.2) is 69.5 Å². The van der Waals surface area contributed by atoms with Crippen LogP contribution in [0.1, 0.15) is 34.0 Å². The van der Waals surface area contributed by atoms with Gasteiger partial charge in [-0.15, -0.1) is 11.8 Å². The van der Waals surface area contributed by atoms with Crippen molar-refractivity contribution in [3.63, 3.8) is 0 Å². The van der Waals surface area contributed by atoms with Gasteiger partial charge in [-0.1, -0.05) is 79.7 Å². The third kappa shape index (κ3) is 7.98. The van der Waals surface area contributed by atoms with Crippen LogP contribution in [0.15, 0.2) is 84.9 Å². The summed E-state index contributed by atoms with van der Waals surface area (Å²) in [6, 6.07) is 23.7. The summed E-state index contributed by atoms with van der Waals surface area (Å²) in [7, 11) is 0. The fraction of sp³-hybridized carbons (Fsp3) is 0.312. The number of nitrogens with zero attached hydrogens (tertiary/aromatic N) is 1. The number of aliphatic hydroxyl groups excluding tert-OH is 1. The molecule has 1 saturated heterocycles. The monoisotopic (exact) mass is 588 g/mol. The summed E-state index contributed by atoms with van der Waals surface area (Å²) in [5.74, 6) is -1.67. The van der Waals surface area contributed by atoms with Gasteiger partial charge in [0.25, 0.3) is 11.8 Å². The number of thioether (sulfide) groups is 1. The van der Waals surface area contributed by atoms with Crippen LogP contribution >= 0.6 is 11.8 Å². The van der Waals surface area contributed by atoms with Crippen LogP contribution in [0.5, 0.6) is 0 Å². The lowest BCUT2D eigenvalue weighted by molar-refractivity contribution is -0.147. The van der Waals surface area contributed by atoms with Gasteiger partial charge in [0.05, 0.1) is 18.5 Å². The minimum Gasteiger partial charge on any atom is -0.381 e. The minimum absolute atomic E-state index is 0.173. The number of carbonyl (C=O) groups excluding carboxylic acids is 4. The van der Waals surface area contributed by atoms with Gasteiger partial charge in [0.1, 0.15) is 6.04 Å². The molecule has 3 aromatic carbocycles. The molecule has 4 N–H and O–H groups in total. The van der Waals surface area contributed by atoms with Crippen molar-refractivity contribution >= 4 is 35.4 Å². The molecule has 42 heavy (non-hydrogen) atoms. The predicted octanol–water partition coefficient (Wildman–Crippen LogP) is 2.42. The second kappa shape index (κ2) is 14.7. The van der Waals surface area contributed by atoms with Gasteiger partial charge in [-0.05, 0) is 42.2 Å². The highest BCUT2D eigenvalue weighted by Gasteiger charge is 2.43. The van der Waals surface area contributed by atoms with Crippen molar-refractivity contribution in [2.75, 3.05) is 12.4 Å². The van der Waals surface area contributed by atoms with E-state index in [1.165, 1.54) is 16.7 Å². The van der Waals surface area contributed by atoms with Gasteiger partial charge in [0.2, 0.25) is 11.8 Å². The van der Waals surface area contributed by atoms with Crippen molar-refractivity contribution in [2.24, 2.45) is 0 Å². The molecule has 1 heterocycles. The standard InChI is InChI=1S/C32H36N4O5S/c1-21-11-9-10-16-25(21)18-33-31(40)28-22(2)42-20-36(28)32(41)29(38)26(17-23-12-5-3-6-13-23)35-27(37)19-34-30(39)24-14-7-4-8-15-24/h3-16,22,26,28-29,38H,17-20H2,1-2H3,(H,33,40)(H,34,39)(H,35,37)/t22?,26-,28-,29-/m0/s1. The predicted molar refractivity (Wildman–Crippen MR) is 162 cm³/mol. The van der Waals surface area contributed by atoms with E-state index >= 15 is 0 Å². The van der Waals surface area contributed by atoms with Crippen molar-refractivity contribution in [3.05, 3.63) is 107 Å². The zero-order valence-electron chi connectivity index (χ0n) is 23.7. The van der Waals surface area contributed by atoms with E-state index in [9.17, 15) is 24.3 Å². The van der Waals surface area contributed by atoms with Crippen LogP contribution < -0.4 is 16.0 Å². The largest absolute Gasteiger partial charge is 0.381 e. The van der Waals surface area contributed by atoms with Crippen molar-refractivity contribution in [3.8, 4) is 0 Å². The van der Waals surface area contributed by atoms with Crippen molar-refractivity contribution < 1.29 is 24.3 Å². The van der Waals surface area contributed by atoms with Crippen molar-refractivity contribution in [2.45, 2.75) is 50.3 Å². The van der Waals surface area contributed by atoms with Crippen molar-refractivity contribution in [1.29, 1.82) is 0 Å². The molecular weight excluding hydrogens is 552 g/mol. The summed E-state index contributed by atoms with van der Waals surface area (Å²) in [5.41, 5.74) is 3.25. The average Bonchev–Trinajstić information content (AvgIpc) is 3.40. The van der Waals surface area contributed by atoms with E-state index in [1.807, 2.05) is 68.4 Å². The van der Waals surface area contributed by atoms with Gasteiger partial charge < -0.3 is 26.0 Å². The summed E-state index contributed by atoms with van der Waals surface area (Å²) < 4.78 is 0. The lowest BCUT2D eigenvalue weighted by atomic mass is 9.99. The molecule has 1 aliphatic rings. The molecule has 220 valence electrons. The lowest BCUT2D eigenvalue weighted by Gasteiger charge is -2.30. The second-order valence-electron chi connectivity index (χ2n) is 10.3. The number of carbonyl (C=O) groups is 4. The average molecular weight is 589 g/mol. The summed E-state index contributed by atoms with van der Waals surface area (Å²) in [6.45, 7) is 3.84. The number of aryl methyl sites for hydroxylation is 1. The first-order valence-corrected chi connectivity index (χ1v) is 14.9. The normalized spacial score (nSPS) is 17.6. The van der Waals surface area contributed by atoms with Gasteiger partial charge in [0, 0.05) is 17.4 Å². The molecule has 4 atom stereocenters. The summed E-state index contributed by atoms with van der Waals surface area (Å²) in [5, 5.41) is 19.3. The number of nitrogens with one attached hydrogen (secondary N) is 3. The molecule has 0 spiro atoms. The van der Waals surface area contributed by atoms with E-state index in [0.29, 0.717) is 12.1 Å². The molecule has 0 aliphatic carbocycles. The maximum atomic E-state index is 13.7. The first-order valence-electron chi connectivity index (χ1n) is 13.8. The highest BCUT2D eigenvalue weighted by atomic mass is 32.2. The Hall–Kier alpha value is -4.15. The highest BCUT2D eigenvalue weighted by molar-refractivity contribution is 8.00. The fourth-order valence-electron chi connectivity index (χ4n) is 4.84. The van der Waals surface area contributed by atoms with Gasteiger partial charge in [0.15, 0.2) is 6.10 Å². The van der Waals surface area contributed by atoms with Crippen LogP contribution in [0, 0.1) is 6.92 Å². The Balaban J connectivity index is 1.44. The summed E-state index contributed by atoms with van der Waals surface area (Å²) in [6.07, 6.45) is -1.44. The number of benzene rings is 3. The molecule has 3 aromatic rings. The van der Waals surface area contributed by atoms with Crippen molar-refractivity contribution in [1.82, 2.24) is 20.9 Å². The van der Waals surface area contributed by atoms with Gasteiger partial charge in [-0.25, -0.2) is 0 Å². The number of aliphatic hydroxyl groups is 1. The molecule has 0 radical (unpaired) electrons. The fourth-order valence-corrected chi connectivity index (χ4v) is 5.97. The molecule has 4 amide bonds. The number of hydrogen-bond acceptors (Lipinski definition) is 6. The maximum absolute atomic E-state index is 13.7. The highest BCUT2D eigenvalue weighted by Crippen LogP contribution is 2.30. The molecule has 0 aromatic heterocycles. The topological polar surface area (TPSA) is 128 Å². The first-order chi connectivity index (χ1) is 20.2. The second-order valence-corrected chi connectivity index (χ2v) is 11.6. The van der Waals surface area contributed by atoms with Gasteiger partial charge >= 0.3 is 0 Å². The van der Waals surface area contributed by atoms with Crippen LogP contribution in [0.2, 0.25) is 0 Å². The maximum Gasteiger partial charge on any atom is 0.254 e.